The van der Waals surface area contributed by atoms with Crippen molar-refractivity contribution in [3.05, 3.63) is 90.4 Å². The molecule has 2 heterocycles. The number of nitrogens with two attached hydrogens (primary N) is 1. The van der Waals surface area contributed by atoms with Crippen molar-refractivity contribution < 1.29 is 0 Å². The molecule has 1 aliphatic rings. The number of halogens is 1. The number of nitrogens with one attached hydrogen (secondary N) is 1. The largest absolute Gasteiger partial charge is 0.386 e. The zero-order valence-corrected chi connectivity index (χ0v) is 22.3. The lowest BCUT2D eigenvalue weighted by atomic mass is 10.1. The highest BCUT2D eigenvalue weighted by Crippen LogP contribution is 2.29. The van der Waals surface area contributed by atoms with Crippen LogP contribution in [-0.2, 0) is 0 Å². The van der Waals surface area contributed by atoms with Crippen LogP contribution in [0.1, 0.15) is 31.7 Å². The Bertz CT molecular complexity index is 1190. The van der Waals surface area contributed by atoms with Gasteiger partial charge in [0.15, 0.2) is 0 Å². The average molecular weight is 504 g/mol. The number of allylic oxidation sites excluding steroid dienone is 1. The Hall–Kier alpha value is -3.28. The molecule has 0 aliphatic carbocycles. The molecule has 5 nitrogen and oxygen atoms in total. The minimum absolute atomic E-state index is 0.404. The second kappa shape index (κ2) is 13.1. The fourth-order valence-electron chi connectivity index (χ4n) is 4.05. The molecule has 0 spiro atoms. The number of pyridine rings is 1. The zero-order chi connectivity index (χ0) is 26.1. The topological polar surface area (TPSA) is 57.4 Å². The highest BCUT2D eigenvalue weighted by molar-refractivity contribution is 6.35. The third-order valence-corrected chi connectivity index (χ3v) is 6.59. The van der Waals surface area contributed by atoms with Crippen molar-refractivity contribution in [2.24, 2.45) is 5.73 Å². The number of anilines is 1. The van der Waals surface area contributed by atoms with E-state index in [1.807, 2.05) is 48.5 Å². The van der Waals surface area contributed by atoms with Gasteiger partial charge in [0.25, 0.3) is 0 Å². The number of fused-ring (bicyclic) bond motifs is 1. The van der Waals surface area contributed by atoms with Crippen LogP contribution in [0.3, 0.4) is 0 Å². The summed E-state index contributed by atoms with van der Waals surface area (Å²) in [6.07, 6.45) is 5.53. The van der Waals surface area contributed by atoms with E-state index in [0.29, 0.717) is 10.8 Å². The number of hydrogen-bond donors (Lipinski definition) is 2. The van der Waals surface area contributed by atoms with Crippen molar-refractivity contribution in [2.45, 2.75) is 26.2 Å². The molecule has 3 aromatic rings. The maximum atomic E-state index is 6.40. The lowest BCUT2D eigenvalue weighted by Gasteiger charge is -2.35. The first-order valence-corrected chi connectivity index (χ1v) is 12.8. The van der Waals surface area contributed by atoms with Gasteiger partial charge >= 0.3 is 0 Å². The van der Waals surface area contributed by atoms with E-state index in [-0.39, 0.29) is 0 Å². The van der Waals surface area contributed by atoms with Crippen molar-refractivity contribution in [1.29, 1.82) is 0 Å². The van der Waals surface area contributed by atoms with Gasteiger partial charge in [0, 0.05) is 48.5 Å². The van der Waals surface area contributed by atoms with Crippen LogP contribution in [0.2, 0.25) is 5.02 Å². The molecular weight excluding hydrogens is 466 g/mol. The molecule has 0 atom stereocenters. The second-order valence-electron chi connectivity index (χ2n) is 9.16. The fourth-order valence-corrected chi connectivity index (χ4v) is 4.31. The van der Waals surface area contributed by atoms with E-state index >= 15 is 0 Å². The molecule has 0 bridgehead atoms. The van der Waals surface area contributed by atoms with Crippen LogP contribution in [0.5, 0.6) is 0 Å². The minimum atomic E-state index is 0.404. The molecule has 2 aromatic carbocycles. The molecule has 0 amide bonds. The van der Waals surface area contributed by atoms with Crippen LogP contribution in [0.4, 0.5) is 5.69 Å². The predicted octanol–water partition coefficient (Wildman–Crippen LogP) is 6.98. The number of likely N-dealkylation sites (N-methyl/N-ethyl adjacent to an activating group) is 1. The lowest BCUT2D eigenvalue weighted by Crippen LogP contribution is -2.43. The van der Waals surface area contributed by atoms with E-state index in [0.717, 1.165) is 33.4 Å². The maximum Gasteiger partial charge on any atom is 0.0930 e. The summed E-state index contributed by atoms with van der Waals surface area (Å²) in [5.74, 6) is 0.404. The van der Waals surface area contributed by atoms with Crippen molar-refractivity contribution in [3.63, 3.8) is 0 Å². The molecule has 0 unspecified atom stereocenters. The average Bonchev–Trinajstić information content (AvgIpc) is 2.87. The minimum Gasteiger partial charge on any atom is -0.386 e. The van der Waals surface area contributed by atoms with E-state index in [1.165, 1.54) is 51.1 Å². The molecule has 6 heteroatoms. The molecule has 36 heavy (non-hydrogen) atoms. The highest BCUT2D eigenvalue weighted by atomic mass is 35.5. The first kappa shape index (κ1) is 27.3. The molecule has 190 valence electrons. The Balaban J connectivity index is 0.000000236. The van der Waals surface area contributed by atoms with Crippen LogP contribution < -0.4 is 11.1 Å². The van der Waals surface area contributed by atoms with Crippen LogP contribution in [0.15, 0.2) is 79.8 Å². The summed E-state index contributed by atoms with van der Waals surface area (Å²) in [7, 11) is 2.19. The van der Waals surface area contributed by atoms with Gasteiger partial charge in [-0.2, -0.15) is 0 Å². The Morgan fingerprint density at radius 3 is 2.39 bits per heavy atom. The van der Waals surface area contributed by atoms with Crippen molar-refractivity contribution in [1.82, 2.24) is 14.8 Å². The molecule has 3 N–H and O–H groups in total. The molecular formula is C30H38ClN5. The van der Waals surface area contributed by atoms with E-state index in [1.54, 1.807) is 6.08 Å². The second-order valence-corrected chi connectivity index (χ2v) is 9.56. The van der Waals surface area contributed by atoms with Gasteiger partial charge < -0.3 is 20.9 Å². The summed E-state index contributed by atoms with van der Waals surface area (Å²) < 4.78 is 0. The molecule has 1 saturated heterocycles. The van der Waals surface area contributed by atoms with E-state index in [9.17, 15) is 0 Å². The summed E-state index contributed by atoms with van der Waals surface area (Å²) in [6, 6.07) is 15.6. The van der Waals surface area contributed by atoms with Gasteiger partial charge in [-0.25, -0.2) is 4.98 Å². The number of piperazine rings is 1. The van der Waals surface area contributed by atoms with E-state index < -0.39 is 0 Å². The van der Waals surface area contributed by atoms with E-state index in [4.69, 9.17) is 22.3 Å². The number of unbranched alkanes of at least 4 members (excludes halogenated alkanes) is 1. The summed E-state index contributed by atoms with van der Waals surface area (Å²) in [5, 5.41) is 4.57. The highest BCUT2D eigenvalue weighted by Gasteiger charge is 2.14. The molecule has 1 aliphatic heterocycles. The van der Waals surface area contributed by atoms with Crippen molar-refractivity contribution >= 4 is 34.3 Å². The number of aromatic nitrogens is 1. The fraction of sp³-hybridized carbons (Fsp3) is 0.300. The SMILES string of the molecule is C=C(CCCC)N1CCN(C)CC1.C=Cc1ccc2c(Cl)cc(-c3ccc(NC(=C)N)cc3)nc2c1. The lowest BCUT2D eigenvalue weighted by molar-refractivity contribution is 0.182. The third-order valence-electron chi connectivity index (χ3n) is 6.27. The van der Waals surface area contributed by atoms with Crippen LogP contribution in [0, 0.1) is 0 Å². The molecule has 1 fully saturated rings. The molecule has 0 radical (unpaired) electrons. The normalized spacial score (nSPS) is 13.6. The van der Waals surface area contributed by atoms with Crippen molar-refractivity contribution in [2.75, 3.05) is 38.5 Å². The Labute approximate surface area is 221 Å². The van der Waals surface area contributed by atoms with Gasteiger partial charge in [-0.3, -0.25) is 0 Å². The number of nitrogens with zero attached hydrogens (tertiary/aromatic N) is 3. The van der Waals surface area contributed by atoms with Gasteiger partial charge in [0.1, 0.15) is 0 Å². The summed E-state index contributed by atoms with van der Waals surface area (Å²) >= 11 is 6.40. The molecule has 4 rings (SSSR count). The maximum absolute atomic E-state index is 6.40. The van der Waals surface area contributed by atoms with Crippen molar-refractivity contribution in [3.8, 4) is 11.3 Å². The molecule has 0 saturated carbocycles. The van der Waals surface area contributed by atoms with Gasteiger partial charge in [-0.15, -0.1) is 0 Å². The standard InChI is InChI=1S/C19H16ClN3.C11H22N2/c1-3-13-4-9-16-17(20)11-18(23-19(16)10-13)14-5-7-15(8-6-14)22-12(2)21;1-4-5-6-11(2)13-9-7-12(3)8-10-13/h3-11,22H,1-2,21H2;2,4-10H2,1,3H3. The van der Waals surface area contributed by atoms with Crippen LogP contribution >= 0.6 is 11.6 Å². The Morgan fingerprint density at radius 1 is 1.08 bits per heavy atom. The quantitative estimate of drug-likeness (QED) is 0.347. The van der Waals surface area contributed by atoms with Crippen LogP contribution in [-0.4, -0.2) is 48.0 Å². The predicted molar refractivity (Wildman–Crippen MR) is 157 cm³/mol. The number of benzene rings is 2. The summed E-state index contributed by atoms with van der Waals surface area (Å²) in [5.41, 5.74) is 11.4. The number of hydrogen-bond acceptors (Lipinski definition) is 5. The van der Waals surface area contributed by atoms with Gasteiger partial charge in [0.05, 0.1) is 22.1 Å². The Kier molecular flexibility index (Phi) is 9.97. The third kappa shape index (κ3) is 7.61. The monoisotopic (exact) mass is 503 g/mol. The first-order chi connectivity index (χ1) is 17.3. The zero-order valence-electron chi connectivity index (χ0n) is 21.6. The van der Waals surface area contributed by atoms with Gasteiger partial charge in [-0.1, -0.05) is 75.0 Å². The van der Waals surface area contributed by atoms with E-state index in [2.05, 4.69) is 48.8 Å². The Morgan fingerprint density at radius 2 is 1.78 bits per heavy atom. The van der Waals surface area contributed by atoms with Gasteiger partial charge in [0.2, 0.25) is 0 Å². The van der Waals surface area contributed by atoms with Gasteiger partial charge in [-0.05, 0) is 49.7 Å². The molecule has 1 aromatic heterocycles. The first-order valence-electron chi connectivity index (χ1n) is 12.5. The number of rotatable bonds is 8. The summed E-state index contributed by atoms with van der Waals surface area (Å²) in [4.78, 5) is 9.53. The summed E-state index contributed by atoms with van der Waals surface area (Å²) in [6.45, 7) is 18.5. The smallest absolute Gasteiger partial charge is 0.0930 e. The van der Waals surface area contributed by atoms with Crippen LogP contribution in [0.25, 0.3) is 28.2 Å².